The van der Waals surface area contributed by atoms with E-state index in [9.17, 15) is 9.59 Å². The molecule has 3 aromatic rings. The monoisotopic (exact) mass is 489 g/mol. The summed E-state index contributed by atoms with van der Waals surface area (Å²) >= 11 is 13.6. The van der Waals surface area contributed by atoms with E-state index in [0.29, 0.717) is 46.2 Å². The van der Waals surface area contributed by atoms with E-state index < -0.39 is 0 Å². The largest absolute Gasteiger partial charge is 0.352 e. The number of aromatic nitrogens is 2. The van der Waals surface area contributed by atoms with Crippen molar-refractivity contribution < 1.29 is 9.59 Å². The average molecular weight is 490 g/mol. The molecule has 4 rings (SSSR count). The van der Waals surface area contributed by atoms with Gasteiger partial charge < -0.3 is 15.5 Å². The Morgan fingerprint density at radius 1 is 1.22 bits per heavy atom. The number of rotatable bonds is 6. The summed E-state index contributed by atoms with van der Waals surface area (Å²) < 4.78 is 0. The van der Waals surface area contributed by atoms with Crippen LogP contribution in [0.25, 0.3) is 0 Å². The molecule has 1 saturated heterocycles. The molecular weight excluding hydrogens is 469 g/mol. The first-order chi connectivity index (χ1) is 15.5. The van der Waals surface area contributed by atoms with Crippen LogP contribution in [0.3, 0.4) is 0 Å². The number of carbonyl (C=O) groups excluding carboxylic acids is 2. The highest BCUT2D eigenvalue weighted by Crippen LogP contribution is 2.32. The van der Waals surface area contributed by atoms with Crippen molar-refractivity contribution >= 4 is 57.2 Å². The predicted molar refractivity (Wildman–Crippen MR) is 127 cm³/mol. The van der Waals surface area contributed by atoms with Gasteiger partial charge in [-0.3, -0.25) is 14.6 Å². The number of amides is 2. The van der Waals surface area contributed by atoms with Gasteiger partial charge in [0.05, 0.1) is 21.7 Å². The van der Waals surface area contributed by atoms with Gasteiger partial charge in [0.15, 0.2) is 5.13 Å². The second-order valence-electron chi connectivity index (χ2n) is 7.43. The smallest absolute Gasteiger partial charge is 0.273 e. The van der Waals surface area contributed by atoms with Crippen molar-refractivity contribution in [2.24, 2.45) is 5.92 Å². The molecule has 0 saturated carbocycles. The predicted octanol–water partition coefficient (Wildman–Crippen LogP) is 4.76. The molecule has 0 radical (unpaired) electrons. The third-order valence-corrected chi connectivity index (χ3v) is 6.76. The topological polar surface area (TPSA) is 87.2 Å². The fourth-order valence-corrected chi connectivity index (χ4v) is 4.56. The first kappa shape index (κ1) is 22.5. The normalized spacial score (nSPS) is 15.9. The molecule has 1 fully saturated rings. The lowest BCUT2D eigenvalue weighted by atomic mass is 9.97. The Morgan fingerprint density at radius 2 is 2.09 bits per heavy atom. The highest BCUT2D eigenvalue weighted by molar-refractivity contribution is 7.14. The van der Waals surface area contributed by atoms with Crippen LogP contribution < -0.4 is 10.6 Å². The standard InChI is InChI=1S/C22H21Cl2N5O2S/c23-16-6-1-7-17(19(16)24)27-22-28-18(13-32-22)21(31)29-9-3-5-15(12-29)20(30)26-11-14-4-2-8-25-10-14/h1-2,4,6-8,10,13,15H,3,5,9,11-12H2,(H,26,30)(H,27,28)/t15-/m0/s1. The number of likely N-dealkylation sites (tertiary alicyclic amines) is 1. The lowest BCUT2D eigenvalue weighted by Crippen LogP contribution is -2.45. The van der Waals surface area contributed by atoms with E-state index in [1.165, 1.54) is 11.3 Å². The number of thiazole rings is 1. The van der Waals surface area contributed by atoms with Crippen LogP contribution in [0, 0.1) is 5.92 Å². The minimum atomic E-state index is -0.245. The summed E-state index contributed by atoms with van der Waals surface area (Å²) in [6, 6.07) is 9.01. The molecule has 0 aliphatic carbocycles. The summed E-state index contributed by atoms with van der Waals surface area (Å²) in [5.41, 5.74) is 1.90. The van der Waals surface area contributed by atoms with Crippen molar-refractivity contribution in [2.45, 2.75) is 19.4 Å². The van der Waals surface area contributed by atoms with E-state index in [1.54, 1.807) is 40.9 Å². The molecule has 32 heavy (non-hydrogen) atoms. The molecule has 2 N–H and O–H groups in total. The van der Waals surface area contributed by atoms with Gasteiger partial charge >= 0.3 is 0 Å². The van der Waals surface area contributed by atoms with Crippen LogP contribution in [-0.2, 0) is 11.3 Å². The second-order valence-corrected chi connectivity index (χ2v) is 9.08. The highest BCUT2D eigenvalue weighted by atomic mass is 35.5. The van der Waals surface area contributed by atoms with Crippen LogP contribution in [0.5, 0.6) is 0 Å². The molecule has 0 bridgehead atoms. The van der Waals surface area contributed by atoms with E-state index in [1.807, 2.05) is 12.1 Å². The lowest BCUT2D eigenvalue weighted by Gasteiger charge is -2.31. The maximum Gasteiger partial charge on any atom is 0.273 e. The van der Waals surface area contributed by atoms with Gasteiger partial charge in [-0.1, -0.05) is 35.3 Å². The van der Waals surface area contributed by atoms with Gasteiger partial charge in [0.25, 0.3) is 5.91 Å². The van der Waals surface area contributed by atoms with Gasteiger partial charge in [0.2, 0.25) is 5.91 Å². The van der Waals surface area contributed by atoms with Crippen LogP contribution in [0.4, 0.5) is 10.8 Å². The molecule has 10 heteroatoms. The van der Waals surface area contributed by atoms with Gasteiger partial charge in [0, 0.05) is 37.4 Å². The number of pyridine rings is 1. The zero-order valence-electron chi connectivity index (χ0n) is 17.1. The van der Waals surface area contributed by atoms with Crippen molar-refractivity contribution in [3.63, 3.8) is 0 Å². The first-order valence-electron chi connectivity index (χ1n) is 10.1. The molecule has 2 amide bonds. The minimum Gasteiger partial charge on any atom is -0.352 e. The van der Waals surface area contributed by atoms with Crippen molar-refractivity contribution in [1.82, 2.24) is 20.2 Å². The van der Waals surface area contributed by atoms with Gasteiger partial charge in [-0.05, 0) is 36.6 Å². The molecular formula is C22H21Cl2N5O2S. The van der Waals surface area contributed by atoms with E-state index in [4.69, 9.17) is 23.2 Å². The summed E-state index contributed by atoms with van der Waals surface area (Å²) in [5, 5.41) is 9.12. The number of carbonyl (C=O) groups is 2. The number of benzene rings is 1. The second kappa shape index (κ2) is 10.3. The Kier molecular flexibility index (Phi) is 7.24. The molecule has 0 unspecified atom stereocenters. The molecule has 1 aliphatic rings. The van der Waals surface area contributed by atoms with Crippen LogP contribution in [0.2, 0.25) is 10.0 Å². The molecule has 3 heterocycles. The van der Waals surface area contributed by atoms with Crippen molar-refractivity contribution in [1.29, 1.82) is 0 Å². The molecule has 1 atom stereocenters. The maximum absolute atomic E-state index is 13.0. The molecule has 1 aliphatic heterocycles. The van der Waals surface area contributed by atoms with Crippen molar-refractivity contribution in [3.05, 3.63) is 69.4 Å². The molecule has 2 aromatic heterocycles. The zero-order chi connectivity index (χ0) is 22.5. The Labute approximate surface area is 199 Å². The Morgan fingerprint density at radius 3 is 2.91 bits per heavy atom. The van der Waals surface area contributed by atoms with E-state index in [-0.39, 0.29) is 17.7 Å². The number of hydrogen-bond donors (Lipinski definition) is 2. The highest BCUT2D eigenvalue weighted by Gasteiger charge is 2.29. The SMILES string of the molecule is O=C(NCc1cccnc1)[C@H]1CCCN(C(=O)c2csc(Nc3cccc(Cl)c3Cl)n2)C1. The Balaban J connectivity index is 1.36. The number of nitrogens with one attached hydrogen (secondary N) is 2. The number of anilines is 2. The summed E-state index contributed by atoms with van der Waals surface area (Å²) in [6.07, 6.45) is 4.93. The summed E-state index contributed by atoms with van der Waals surface area (Å²) in [5.74, 6) is -0.482. The fourth-order valence-electron chi connectivity index (χ4n) is 3.52. The number of nitrogens with zero attached hydrogens (tertiary/aromatic N) is 3. The average Bonchev–Trinajstić information content (AvgIpc) is 3.29. The van der Waals surface area contributed by atoms with Gasteiger partial charge in [-0.25, -0.2) is 4.98 Å². The minimum absolute atomic E-state index is 0.0532. The lowest BCUT2D eigenvalue weighted by molar-refractivity contribution is -0.126. The van der Waals surface area contributed by atoms with Crippen molar-refractivity contribution in [3.8, 4) is 0 Å². The van der Waals surface area contributed by atoms with Crippen LogP contribution in [0.15, 0.2) is 48.1 Å². The Bertz CT molecular complexity index is 1110. The molecule has 1 aromatic carbocycles. The summed E-state index contributed by atoms with van der Waals surface area (Å²) in [4.78, 5) is 35.8. The molecule has 166 valence electrons. The zero-order valence-corrected chi connectivity index (χ0v) is 19.4. The third-order valence-electron chi connectivity index (χ3n) is 5.19. The van der Waals surface area contributed by atoms with Gasteiger partial charge in [-0.15, -0.1) is 11.3 Å². The van der Waals surface area contributed by atoms with E-state index in [2.05, 4.69) is 20.6 Å². The maximum atomic E-state index is 13.0. The van der Waals surface area contributed by atoms with Crippen molar-refractivity contribution in [2.75, 3.05) is 18.4 Å². The number of halogens is 2. The third kappa shape index (κ3) is 5.38. The summed E-state index contributed by atoms with van der Waals surface area (Å²) in [6.45, 7) is 1.40. The van der Waals surface area contributed by atoms with E-state index in [0.717, 1.165) is 18.4 Å². The molecule has 7 nitrogen and oxygen atoms in total. The summed E-state index contributed by atoms with van der Waals surface area (Å²) in [7, 11) is 0. The van der Waals surface area contributed by atoms with E-state index >= 15 is 0 Å². The number of piperidine rings is 1. The van der Waals surface area contributed by atoms with Crippen LogP contribution in [0.1, 0.15) is 28.9 Å². The Hall–Kier alpha value is -2.68. The quantitative estimate of drug-likeness (QED) is 0.521. The van der Waals surface area contributed by atoms with Gasteiger partial charge in [0.1, 0.15) is 5.69 Å². The molecule has 0 spiro atoms. The van der Waals surface area contributed by atoms with Gasteiger partial charge in [-0.2, -0.15) is 0 Å². The fraction of sp³-hybridized carbons (Fsp3) is 0.273. The first-order valence-corrected chi connectivity index (χ1v) is 11.8. The van der Waals surface area contributed by atoms with Crippen LogP contribution in [-0.4, -0.2) is 39.8 Å². The van der Waals surface area contributed by atoms with Crippen LogP contribution >= 0.6 is 34.5 Å². The number of hydrogen-bond acceptors (Lipinski definition) is 6.